The Morgan fingerprint density at radius 2 is 1.40 bits per heavy atom. The third-order valence-corrected chi connectivity index (χ3v) is 4.22. The third kappa shape index (κ3) is 2.67. The Morgan fingerprint density at radius 1 is 0.750 bits per heavy atom. The lowest BCUT2D eigenvalue weighted by atomic mass is 9.98. The van der Waals surface area contributed by atoms with Crippen molar-refractivity contribution in [2.24, 2.45) is 0 Å². The highest BCUT2D eigenvalue weighted by Crippen LogP contribution is 2.34. The quantitative estimate of drug-likeness (QED) is 0.519. The summed E-state index contributed by atoms with van der Waals surface area (Å²) in [5.41, 5.74) is 2.38. The first-order valence-corrected chi connectivity index (χ1v) is 7.42. The first-order chi connectivity index (χ1) is 9.75. The Kier molecular flexibility index (Phi) is 3.95. The molecule has 0 nitrogen and oxygen atoms in total. The molecule has 3 rings (SSSR count). The summed E-state index contributed by atoms with van der Waals surface area (Å²) in [6, 6.07) is 22.4. The SMILES string of the molecule is Clc1ccc(C(Cl)Cc2ccccc2)c2ccccc12. The van der Waals surface area contributed by atoms with E-state index in [1.54, 1.807) is 0 Å². The molecule has 0 radical (unpaired) electrons. The summed E-state index contributed by atoms with van der Waals surface area (Å²) in [5, 5.41) is 2.91. The van der Waals surface area contributed by atoms with Crippen LogP contribution in [0.1, 0.15) is 16.5 Å². The van der Waals surface area contributed by atoms with Crippen molar-refractivity contribution in [3.63, 3.8) is 0 Å². The molecule has 100 valence electrons. The number of benzene rings is 3. The molecular weight excluding hydrogens is 287 g/mol. The monoisotopic (exact) mass is 300 g/mol. The summed E-state index contributed by atoms with van der Waals surface area (Å²) < 4.78 is 0. The molecule has 0 aromatic heterocycles. The van der Waals surface area contributed by atoms with E-state index in [1.807, 2.05) is 48.5 Å². The lowest BCUT2D eigenvalue weighted by molar-refractivity contribution is 0.928. The van der Waals surface area contributed by atoms with Crippen LogP contribution in [0.2, 0.25) is 5.02 Å². The summed E-state index contributed by atoms with van der Waals surface area (Å²) in [7, 11) is 0. The molecule has 0 saturated carbocycles. The van der Waals surface area contributed by atoms with Crippen molar-refractivity contribution in [1.82, 2.24) is 0 Å². The molecule has 0 fully saturated rings. The molecule has 2 heteroatoms. The Balaban J connectivity index is 2.00. The fraction of sp³-hybridized carbons (Fsp3) is 0.111. The van der Waals surface area contributed by atoms with Gasteiger partial charge in [0, 0.05) is 10.4 Å². The van der Waals surface area contributed by atoms with Crippen LogP contribution in [0.15, 0.2) is 66.7 Å². The molecule has 20 heavy (non-hydrogen) atoms. The number of halogens is 2. The predicted octanol–water partition coefficient (Wildman–Crippen LogP) is 6.02. The molecule has 0 heterocycles. The van der Waals surface area contributed by atoms with Crippen LogP contribution in [-0.4, -0.2) is 0 Å². The topological polar surface area (TPSA) is 0 Å². The summed E-state index contributed by atoms with van der Waals surface area (Å²) in [5.74, 6) is 0. The van der Waals surface area contributed by atoms with E-state index in [1.165, 1.54) is 5.56 Å². The first kappa shape index (κ1) is 13.5. The highest BCUT2D eigenvalue weighted by atomic mass is 35.5. The van der Waals surface area contributed by atoms with Crippen molar-refractivity contribution in [1.29, 1.82) is 0 Å². The molecule has 0 saturated heterocycles. The number of fused-ring (bicyclic) bond motifs is 1. The van der Waals surface area contributed by atoms with Gasteiger partial charge in [-0.2, -0.15) is 0 Å². The third-order valence-electron chi connectivity index (χ3n) is 3.50. The van der Waals surface area contributed by atoms with Crippen molar-refractivity contribution in [2.45, 2.75) is 11.8 Å². The van der Waals surface area contributed by atoms with Gasteiger partial charge in [0.15, 0.2) is 0 Å². The van der Waals surface area contributed by atoms with E-state index in [0.29, 0.717) is 0 Å². The average molecular weight is 301 g/mol. The molecule has 3 aromatic rings. The molecular formula is C18H14Cl2. The fourth-order valence-corrected chi connectivity index (χ4v) is 3.09. The van der Waals surface area contributed by atoms with Crippen molar-refractivity contribution < 1.29 is 0 Å². The zero-order valence-corrected chi connectivity index (χ0v) is 12.4. The lowest BCUT2D eigenvalue weighted by Crippen LogP contribution is -1.97. The van der Waals surface area contributed by atoms with E-state index in [-0.39, 0.29) is 5.38 Å². The predicted molar refractivity (Wildman–Crippen MR) is 87.7 cm³/mol. The van der Waals surface area contributed by atoms with Gasteiger partial charge in [0.2, 0.25) is 0 Å². The van der Waals surface area contributed by atoms with Gasteiger partial charge < -0.3 is 0 Å². The van der Waals surface area contributed by atoms with Gasteiger partial charge in [-0.05, 0) is 29.0 Å². The Labute approximate surface area is 129 Å². The highest BCUT2D eigenvalue weighted by molar-refractivity contribution is 6.35. The molecule has 0 spiro atoms. The fourth-order valence-electron chi connectivity index (χ4n) is 2.49. The largest absolute Gasteiger partial charge is 0.117 e. The van der Waals surface area contributed by atoms with Crippen LogP contribution in [0.4, 0.5) is 0 Å². The zero-order valence-electron chi connectivity index (χ0n) is 10.9. The van der Waals surface area contributed by atoms with Gasteiger partial charge >= 0.3 is 0 Å². The molecule has 1 unspecified atom stereocenters. The second-order valence-electron chi connectivity index (χ2n) is 4.84. The Hall–Kier alpha value is -1.50. The molecule has 0 amide bonds. The summed E-state index contributed by atoms with van der Waals surface area (Å²) in [6.45, 7) is 0. The van der Waals surface area contributed by atoms with E-state index in [4.69, 9.17) is 23.2 Å². The maximum absolute atomic E-state index is 6.63. The zero-order chi connectivity index (χ0) is 13.9. The summed E-state index contributed by atoms with van der Waals surface area (Å²) in [4.78, 5) is 0. The smallest absolute Gasteiger partial charge is 0.0631 e. The number of alkyl halides is 1. The molecule has 0 aliphatic heterocycles. The van der Waals surface area contributed by atoms with Gasteiger partial charge in [-0.3, -0.25) is 0 Å². The van der Waals surface area contributed by atoms with Gasteiger partial charge in [-0.25, -0.2) is 0 Å². The van der Waals surface area contributed by atoms with Crippen LogP contribution >= 0.6 is 23.2 Å². The average Bonchev–Trinajstić information content (AvgIpc) is 2.49. The Bertz CT molecular complexity index is 720. The van der Waals surface area contributed by atoms with Crippen LogP contribution in [0, 0.1) is 0 Å². The molecule has 3 aromatic carbocycles. The molecule has 0 N–H and O–H groups in total. The normalized spacial score (nSPS) is 12.5. The van der Waals surface area contributed by atoms with Crippen LogP contribution < -0.4 is 0 Å². The lowest BCUT2D eigenvalue weighted by Gasteiger charge is -2.14. The van der Waals surface area contributed by atoms with Gasteiger partial charge in [0.05, 0.1) is 5.38 Å². The molecule has 0 bridgehead atoms. The molecule has 1 atom stereocenters. The second-order valence-corrected chi connectivity index (χ2v) is 5.77. The highest BCUT2D eigenvalue weighted by Gasteiger charge is 2.13. The Morgan fingerprint density at radius 3 is 2.15 bits per heavy atom. The number of hydrogen-bond donors (Lipinski definition) is 0. The van der Waals surface area contributed by atoms with Gasteiger partial charge in [-0.15, -0.1) is 11.6 Å². The van der Waals surface area contributed by atoms with Crippen LogP contribution in [-0.2, 0) is 6.42 Å². The van der Waals surface area contributed by atoms with Crippen LogP contribution in [0.3, 0.4) is 0 Å². The summed E-state index contributed by atoms with van der Waals surface area (Å²) in [6.07, 6.45) is 0.814. The minimum absolute atomic E-state index is 0.0560. The number of rotatable bonds is 3. The van der Waals surface area contributed by atoms with Gasteiger partial charge in [-0.1, -0.05) is 72.3 Å². The minimum Gasteiger partial charge on any atom is -0.117 e. The standard InChI is InChI=1S/C18H14Cl2/c19-17-11-10-16(14-8-4-5-9-15(14)17)18(20)12-13-6-2-1-3-7-13/h1-11,18H,12H2. The number of hydrogen-bond acceptors (Lipinski definition) is 0. The van der Waals surface area contributed by atoms with E-state index >= 15 is 0 Å². The van der Waals surface area contributed by atoms with Crippen molar-refractivity contribution in [2.75, 3.05) is 0 Å². The van der Waals surface area contributed by atoms with Crippen molar-refractivity contribution >= 4 is 34.0 Å². The van der Waals surface area contributed by atoms with E-state index in [2.05, 4.69) is 18.2 Å². The van der Waals surface area contributed by atoms with E-state index in [0.717, 1.165) is 27.8 Å². The minimum atomic E-state index is -0.0560. The summed E-state index contributed by atoms with van der Waals surface area (Å²) >= 11 is 12.9. The maximum Gasteiger partial charge on any atom is 0.0631 e. The van der Waals surface area contributed by atoms with E-state index < -0.39 is 0 Å². The molecule has 0 aliphatic rings. The first-order valence-electron chi connectivity index (χ1n) is 6.61. The second kappa shape index (κ2) is 5.87. The van der Waals surface area contributed by atoms with Crippen molar-refractivity contribution in [3.8, 4) is 0 Å². The van der Waals surface area contributed by atoms with Gasteiger partial charge in [0.25, 0.3) is 0 Å². The molecule has 0 aliphatic carbocycles. The van der Waals surface area contributed by atoms with Crippen LogP contribution in [0.25, 0.3) is 10.8 Å². The van der Waals surface area contributed by atoms with E-state index in [9.17, 15) is 0 Å². The van der Waals surface area contributed by atoms with Crippen molar-refractivity contribution in [3.05, 3.63) is 82.9 Å². The van der Waals surface area contributed by atoms with Crippen LogP contribution in [0.5, 0.6) is 0 Å². The van der Waals surface area contributed by atoms with Gasteiger partial charge in [0.1, 0.15) is 0 Å². The maximum atomic E-state index is 6.63.